The fourth-order valence-corrected chi connectivity index (χ4v) is 0. The Morgan fingerprint density at radius 1 is 0.833 bits per heavy atom. The van der Waals surface area contributed by atoms with Gasteiger partial charge in [-0.15, -0.1) is 23.2 Å². The fraction of sp³-hybridized carbons (Fsp3) is 1.00. The molecule has 0 bridgehead atoms. The molecule has 0 heterocycles. The molecule has 0 fully saturated rings. The minimum absolute atomic E-state index is 0. The van der Waals surface area contributed by atoms with Gasteiger partial charge in [0.25, 0.3) is 0 Å². The van der Waals surface area contributed by atoms with Crippen LogP contribution < -0.4 is 50.9 Å². The van der Waals surface area contributed by atoms with Gasteiger partial charge in [0.1, 0.15) is 0 Å². The molecule has 0 amide bonds. The summed E-state index contributed by atoms with van der Waals surface area (Å²) in [5.41, 5.74) is 0. The van der Waals surface area contributed by atoms with Crippen LogP contribution in [0.2, 0.25) is 0 Å². The van der Waals surface area contributed by atoms with Crippen LogP contribution in [-0.2, 0) is 0 Å². The molecule has 44 valence electrons. The average molecular weight is 325 g/mol. The van der Waals surface area contributed by atoms with Crippen molar-refractivity contribution in [2.45, 2.75) is 0 Å². The molecule has 5 heteroatoms. The van der Waals surface area contributed by atoms with Crippen LogP contribution in [0.25, 0.3) is 0 Å². The SMILES string of the molecule is ClCCl.[Br-].[Br-].[Br-]. The third-order valence-corrected chi connectivity index (χ3v) is 0. The fourth-order valence-electron chi connectivity index (χ4n) is 0. The summed E-state index contributed by atoms with van der Waals surface area (Å²) in [6.07, 6.45) is 0. The molecule has 0 atom stereocenters. The minimum atomic E-state index is 0. The van der Waals surface area contributed by atoms with Crippen molar-refractivity contribution in [3.05, 3.63) is 0 Å². The van der Waals surface area contributed by atoms with Gasteiger partial charge in [-0.3, -0.25) is 0 Å². The summed E-state index contributed by atoms with van der Waals surface area (Å²) in [6.45, 7) is 0. The summed E-state index contributed by atoms with van der Waals surface area (Å²) >= 11 is 9.53. The van der Waals surface area contributed by atoms with Crippen molar-refractivity contribution in [1.29, 1.82) is 0 Å². The van der Waals surface area contributed by atoms with Gasteiger partial charge in [0.15, 0.2) is 0 Å². The summed E-state index contributed by atoms with van der Waals surface area (Å²) in [4.78, 5) is 0. The van der Waals surface area contributed by atoms with E-state index in [4.69, 9.17) is 23.2 Å². The third-order valence-electron chi connectivity index (χ3n) is 0. The summed E-state index contributed by atoms with van der Waals surface area (Å²) in [5, 5.41) is 0.194. The van der Waals surface area contributed by atoms with Crippen molar-refractivity contribution in [3.8, 4) is 0 Å². The lowest BCUT2D eigenvalue weighted by Crippen LogP contribution is -3.00. The number of alkyl halides is 2. The van der Waals surface area contributed by atoms with Crippen molar-refractivity contribution >= 4 is 23.2 Å². The van der Waals surface area contributed by atoms with Crippen molar-refractivity contribution < 1.29 is 50.9 Å². The minimum Gasteiger partial charge on any atom is -1.00 e. The first-order valence-corrected chi connectivity index (χ1v) is 1.60. The first kappa shape index (κ1) is 24.5. The van der Waals surface area contributed by atoms with Crippen LogP contribution in [0.3, 0.4) is 0 Å². The Bertz CT molecular complexity index is 8.75. The first-order chi connectivity index (χ1) is 1.41. The molecule has 0 aliphatic heterocycles. The molecule has 0 nitrogen and oxygen atoms in total. The molecule has 0 radical (unpaired) electrons. The van der Waals surface area contributed by atoms with E-state index < -0.39 is 0 Å². The lowest BCUT2D eigenvalue weighted by molar-refractivity contribution is -0.00100. The van der Waals surface area contributed by atoms with Crippen molar-refractivity contribution in [2.75, 3.05) is 5.34 Å². The van der Waals surface area contributed by atoms with E-state index in [-0.39, 0.29) is 56.3 Å². The van der Waals surface area contributed by atoms with Gasteiger partial charge in [0, 0.05) is 0 Å². The molecule has 0 aliphatic carbocycles. The zero-order valence-electron chi connectivity index (χ0n) is 2.60. The van der Waals surface area contributed by atoms with Crippen LogP contribution in [0.5, 0.6) is 0 Å². The molecular formula is CH2Br3Cl2-3. The van der Waals surface area contributed by atoms with Gasteiger partial charge >= 0.3 is 0 Å². The van der Waals surface area contributed by atoms with E-state index >= 15 is 0 Å². The third kappa shape index (κ3) is 37.2. The van der Waals surface area contributed by atoms with Crippen LogP contribution >= 0.6 is 23.2 Å². The molecule has 0 unspecified atom stereocenters. The van der Waals surface area contributed by atoms with Crippen LogP contribution in [0.1, 0.15) is 0 Å². The Labute approximate surface area is 78.9 Å². The molecule has 0 rings (SSSR count). The largest absolute Gasteiger partial charge is 1.00 e. The summed E-state index contributed by atoms with van der Waals surface area (Å²) in [6, 6.07) is 0. The Morgan fingerprint density at radius 3 is 0.833 bits per heavy atom. The van der Waals surface area contributed by atoms with Gasteiger partial charge in [-0.05, 0) is 0 Å². The van der Waals surface area contributed by atoms with Gasteiger partial charge in [-0.25, -0.2) is 0 Å². The van der Waals surface area contributed by atoms with E-state index in [1.54, 1.807) is 0 Å². The summed E-state index contributed by atoms with van der Waals surface area (Å²) in [7, 11) is 0. The summed E-state index contributed by atoms with van der Waals surface area (Å²) in [5.74, 6) is 0. The number of hydrogen-bond donors (Lipinski definition) is 0. The molecule has 0 N–H and O–H groups in total. The predicted octanol–water partition coefficient (Wildman–Crippen LogP) is -7.57. The Morgan fingerprint density at radius 2 is 0.833 bits per heavy atom. The van der Waals surface area contributed by atoms with Crippen LogP contribution in [0, 0.1) is 0 Å². The highest BCUT2D eigenvalue weighted by molar-refractivity contribution is 6.40. The standard InChI is InChI=1S/CH2Cl2.3BrH/c2-1-3;;;/h1H2;3*1H/p-3. The molecule has 0 aliphatic rings. The van der Waals surface area contributed by atoms with E-state index in [0.29, 0.717) is 0 Å². The number of rotatable bonds is 0. The maximum atomic E-state index is 4.76. The lowest BCUT2D eigenvalue weighted by Gasteiger charge is -1.42. The van der Waals surface area contributed by atoms with Gasteiger partial charge in [0.05, 0.1) is 5.34 Å². The monoisotopic (exact) mass is 321 g/mol. The average Bonchev–Trinajstić information content (AvgIpc) is 0.918. The van der Waals surface area contributed by atoms with Gasteiger partial charge < -0.3 is 50.9 Å². The highest BCUT2D eigenvalue weighted by Crippen LogP contribution is 1.73. The molecule has 0 saturated carbocycles. The summed E-state index contributed by atoms with van der Waals surface area (Å²) < 4.78 is 0. The maximum absolute atomic E-state index is 4.76. The van der Waals surface area contributed by atoms with E-state index in [2.05, 4.69) is 0 Å². The van der Waals surface area contributed by atoms with E-state index in [1.807, 2.05) is 0 Å². The van der Waals surface area contributed by atoms with E-state index in [1.165, 1.54) is 0 Å². The Balaban J connectivity index is -0.00000000667. The molecule has 0 saturated heterocycles. The Kier molecular flexibility index (Phi) is 114. The normalized spacial score (nSPS) is 3.00. The smallest absolute Gasteiger partial charge is 0.0967 e. The van der Waals surface area contributed by atoms with Crippen LogP contribution in [-0.4, -0.2) is 5.34 Å². The molecule has 0 aromatic carbocycles. The zero-order valence-corrected chi connectivity index (χ0v) is 8.87. The quantitative estimate of drug-likeness (QED) is 0.389. The molecule has 0 aromatic heterocycles. The number of halogens is 5. The number of hydrogen-bond acceptors (Lipinski definition) is 0. The first-order valence-electron chi connectivity index (χ1n) is 0.535. The maximum Gasteiger partial charge on any atom is 0.0967 e. The topological polar surface area (TPSA) is 0 Å². The predicted molar refractivity (Wildman–Crippen MR) is 16.6 cm³/mol. The molecule has 6 heavy (non-hydrogen) atoms. The van der Waals surface area contributed by atoms with E-state index in [0.717, 1.165) is 0 Å². The highest BCUT2D eigenvalue weighted by Gasteiger charge is 1.41. The second-order valence-corrected chi connectivity index (χ2v) is 0.909. The van der Waals surface area contributed by atoms with Crippen LogP contribution in [0.4, 0.5) is 0 Å². The van der Waals surface area contributed by atoms with E-state index in [9.17, 15) is 0 Å². The highest BCUT2D eigenvalue weighted by atomic mass is 79.9. The van der Waals surface area contributed by atoms with Gasteiger partial charge in [-0.1, -0.05) is 0 Å². The van der Waals surface area contributed by atoms with Crippen molar-refractivity contribution in [3.63, 3.8) is 0 Å². The van der Waals surface area contributed by atoms with Crippen LogP contribution in [0.15, 0.2) is 0 Å². The Hall–Kier alpha value is 2.02. The molecular weight excluding hydrogens is 323 g/mol. The lowest BCUT2D eigenvalue weighted by atomic mass is 11.9. The molecule has 0 spiro atoms. The zero-order chi connectivity index (χ0) is 2.71. The van der Waals surface area contributed by atoms with Crippen molar-refractivity contribution in [2.24, 2.45) is 0 Å². The van der Waals surface area contributed by atoms with Gasteiger partial charge in [-0.2, -0.15) is 0 Å². The molecule has 0 aromatic rings. The second kappa shape index (κ2) is 27.9. The van der Waals surface area contributed by atoms with Gasteiger partial charge in [0.2, 0.25) is 0 Å². The van der Waals surface area contributed by atoms with Crippen molar-refractivity contribution in [1.82, 2.24) is 0 Å². The second-order valence-electron chi connectivity index (χ2n) is 0.101.